The van der Waals surface area contributed by atoms with Gasteiger partial charge in [-0.3, -0.25) is 0 Å². The summed E-state index contributed by atoms with van der Waals surface area (Å²) in [6.45, 7) is 8.29. The third kappa shape index (κ3) is 6.92. The Bertz CT molecular complexity index is 1040. The van der Waals surface area contributed by atoms with Crippen LogP contribution in [0, 0.1) is 0 Å². The number of nitrogens with zero attached hydrogens (tertiary/aromatic N) is 6. The molecule has 182 valence electrons. The summed E-state index contributed by atoms with van der Waals surface area (Å²) in [5.41, 5.74) is 3.31. The highest BCUT2D eigenvalue weighted by Gasteiger charge is 2.15. The number of aliphatic imine (C=N–C) groups is 1. The van der Waals surface area contributed by atoms with Gasteiger partial charge in [-0.2, -0.15) is 0 Å². The molecule has 1 aliphatic rings. The maximum Gasteiger partial charge on any atom is 0.194 e. The Balaban J connectivity index is 0.00000324. The first-order chi connectivity index (χ1) is 16.1. The molecule has 0 atom stereocenters. The number of aromatic nitrogens is 3. The summed E-state index contributed by atoms with van der Waals surface area (Å²) in [5, 5.41) is 3.40. The van der Waals surface area contributed by atoms with Crippen molar-refractivity contribution >= 4 is 35.8 Å². The summed E-state index contributed by atoms with van der Waals surface area (Å²) < 4.78 is 0. The van der Waals surface area contributed by atoms with Gasteiger partial charge in [0.05, 0.1) is 25.0 Å². The van der Waals surface area contributed by atoms with Crippen LogP contribution in [0.1, 0.15) is 18.3 Å². The van der Waals surface area contributed by atoms with Gasteiger partial charge >= 0.3 is 0 Å². The molecular formula is C25H35IN8. The molecule has 34 heavy (non-hydrogen) atoms. The van der Waals surface area contributed by atoms with Crippen molar-refractivity contribution in [3.63, 3.8) is 0 Å². The zero-order chi connectivity index (χ0) is 23.0. The van der Waals surface area contributed by atoms with E-state index in [1.54, 1.807) is 0 Å². The molecule has 0 radical (unpaired) electrons. The fourth-order valence-electron chi connectivity index (χ4n) is 3.91. The number of imidazole rings is 1. The average Bonchev–Trinajstić information content (AvgIpc) is 3.31. The van der Waals surface area contributed by atoms with Crippen LogP contribution in [0.15, 0.2) is 59.9 Å². The molecule has 9 heteroatoms. The van der Waals surface area contributed by atoms with Crippen LogP contribution < -0.4 is 10.2 Å². The summed E-state index contributed by atoms with van der Waals surface area (Å²) in [6, 6.07) is 14.5. The van der Waals surface area contributed by atoms with E-state index < -0.39 is 0 Å². The van der Waals surface area contributed by atoms with Crippen molar-refractivity contribution in [2.24, 2.45) is 4.99 Å². The predicted molar refractivity (Wildman–Crippen MR) is 150 cm³/mol. The molecule has 4 rings (SSSR count). The summed E-state index contributed by atoms with van der Waals surface area (Å²) in [4.78, 5) is 24.3. The van der Waals surface area contributed by atoms with Crippen LogP contribution in [0.3, 0.4) is 0 Å². The number of guanidine groups is 1. The number of rotatable bonds is 7. The standard InChI is InChI=1S/C25H34N8.HI/c1-4-26-25(32(3)19-23-28-18-22(30-23)21-8-6-5-7-9-21)29-17-20-10-11-27-24(16-20)33-14-12-31(2)13-15-33;/h5-11,16,18H,4,12-15,17,19H2,1-3H3,(H,26,29)(H,28,30);1H. The number of benzene rings is 1. The van der Waals surface area contributed by atoms with E-state index in [2.05, 4.69) is 67.1 Å². The zero-order valence-electron chi connectivity index (χ0n) is 20.2. The van der Waals surface area contributed by atoms with Crippen molar-refractivity contribution in [2.45, 2.75) is 20.0 Å². The van der Waals surface area contributed by atoms with Gasteiger partial charge in [-0.15, -0.1) is 24.0 Å². The second kappa shape index (κ2) is 12.7. The highest BCUT2D eigenvalue weighted by molar-refractivity contribution is 14.0. The van der Waals surface area contributed by atoms with Gasteiger partial charge in [0.25, 0.3) is 0 Å². The number of nitrogens with one attached hydrogen (secondary N) is 2. The molecule has 0 bridgehead atoms. The zero-order valence-corrected chi connectivity index (χ0v) is 22.6. The van der Waals surface area contributed by atoms with Crippen LogP contribution in [0.25, 0.3) is 11.3 Å². The second-order valence-electron chi connectivity index (χ2n) is 8.45. The molecule has 0 saturated carbocycles. The third-order valence-electron chi connectivity index (χ3n) is 5.85. The van der Waals surface area contributed by atoms with Gasteiger partial charge in [-0.1, -0.05) is 30.3 Å². The van der Waals surface area contributed by atoms with Crippen LogP contribution in [0.4, 0.5) is 5.82 Å². The van der Waals surface area contributed by atoms with E-state index in [-0.39, 0.29) is 24.0 Å². The molecule has 3 heterocycles. The summed E-state index contributed by atoms with van der Waals surface area (Å²) in [6.07, 6.45) is 3.78. The number of pyridine rings is 1. The number of hydrogen-bond donors (Lipinski definition) is 2. The molecule has 8 nitrogen and oxygen atoms in total. The van der Waals surface area contributed by atoms with Crippen molar-refractivity contribution in [1.29, 1.82) is 0 Å². The quantitative estimate of drug-likeness (QED) is 0.256. The van der Waals surface area contributed by atoms with Gasteiger partial charge in [0.15, 0.2) is 5.96 Å². The topological polar surface area (TPSA) is 75.7 Å². The minimum Gasteiger partial charge on any atom is -0.357 e. The number of H-pyrrole nitrogens is 1. The molecule has 2 N–H and O–H groups in total. The Morgan fingerprint density at radius 2 is 1.88 bits per heavy atom. The minimum absolute atomic E-state index is 0. The summed E-state index contributed by atoms with van der Waals surface area (Å²) in [5.74, 6) is 2.80. The lowest BCUT2D eigenvalue weighted by Gasteiger charge is -2.33. The normalized spacial score (nSPS) is 14.6. The monoisotopic (exact) mass is 574 g/mol. The third-order valence-corrected chi connectivity index (χ3v) is 5.85. The maximum atomic E-state index is 4.88. The van der Waals surface area contributed by atoms with Crippen molar-refractivity contribution in [3.8, 4) is 11.3 Å². The van der Waals surface area contributed by atoms with Crippen LogP contribution >= 0.6 is 24.0 Å². The van der Waals surface area contributed by atoms with Gasteiger partial charge in [0.2, 0.25) is 0 Å². The van der Waals surface area contributed by atoms with Crippen LogP contribution in [0.2, 0.25) is 0 Å². The molecular weight excluding hydrogens is 539 g/mol. The van der Waals surface area contributed by atoms with E-state index in [4.69, 9.17) is 4.99 Å². The van der Waals surface area contributed by atoms with Crippen LogP contribution in [-0.4, -0.2) is 77.5 Å². The van der Waals surface area contributed by atoms with Gasteiger partial charge in [-0.05, 0) is 37.2 Å². The molecule has 0 spiro atoms. The highest BCUT2D eigenvalue weighted by Crippen LogP contribution is 2.17. The maximum absolute atomic E-state index is 4.88. The second-order valence-corrected chi connectivity index (χ2v) is 8.45. The number of halogens is 1. The first-order valence-corrected chi connectivity index (χ1v) is 11.6. The van der Waals surface area contributed by atoms with Crippen molar-refractivity contribution in [2.75, 3.05) is 51.7 Å². The Morgan fingerprint density at radius 1 is 1.12 bits per heavy atom. The number of anilines is 1. The lowest BCUT2D eigenvalue weighted by atomic mass is 10.2. The Morgan fingerprint density at radius 3 is 2.62 bits per heavy atom. The number of hydrogen-bond acceptors (Lipinski definition) is 5. The molecule has 1 saturated heterocycles. The SMILES string of the molecule is CCNC(=NCc1ccnc(N2CCN(C)CC2)c1)N(C)Cc1ncc(-c2ccccc2)[nH]1.I. The van der Waals surface area contributed by atoms with E-state index >= 15 is 0 Å². The smallest absolute Gasteiger partial charge is 0.194 e. The van der Waals surface area contributed by atoms with Gasteiger partial charge in [0.1, 0.15) is 11.6 Å². The van der Waals surface area contributed by atoms with E-state index in [9.17, 15) is 0 Å². The van der Waals surface area contributed by atoms with E-state index in [1.807, 2.05) is 43.7 Å². The fourth-order valence-corrected chi connectivity index (χ4v) is 3.91. The fraction of sp³-hybridized carbons (Fsp3) is 0.400. The molecule has 1 aliphatic heterocycles. The summed E-state index contributed by atoms with van der Waals surface area (Å²) in [7, 11) is 4.20. The Kier molecular flexibility index (Phi) is 9.70. The molecule has 1 aromatic carbocycles. The molecule has 2 aromatic heterocycles. The molecule has 0 amide bonds. The molecule has 3 aromatic rings. The lowest BCUT2D eigenvalue weighted by molar-refractivity contribution is 0.312. The van der Waals surface area contributed by atoms with Gasteiger partial charge in [0, 0.05) is 46.0 Å². The van der Waals surface area contributed by atoms with E-state index in [0.29, 0.717) is 13.1 Å². The van der Waals surface area contributed by atoms with Crippen molar-refractivity contribution in [3.05, 3.63) is 66.2 Å². The molecule has 1 fully saturated rings. The Hall–Kier alpha value is -2.66. The number of aromatic amines is 1. The first-order valence-electron chi connectivity index (χ1n) is 11.6. The highest BCUT2D eigenvalue weighted by atomic mass is 127. The number of likely N-dealkylation sites (N-methyl/N-ethyl adjacent to an activating group) is 1. The molecule has 0 unspecified atom stereocenters. The predicted octanol–water partition coefficient (Wildman–Crippen LogP) is 3.44. The average molecular weight is 575 g/mol. The van der Waals surface area contributed by atoms with E-state index in [1.165, 1.54) is 0 Å². The largest absolute Gasteiger partial charge is 0.357 e. The van der Waals surface area contributed by atoms with E-state index in [0.717, 1.165) is 67.1 Å². The van der Waals surface area contributed by atoms with Crippen molar-refractivity contribution < 1.29 is 0 Å². The summed E-state index contributed by atoms with van der Waals surface area (Å²) >= 11 is 0. The lowest BCUT2D eigenvalue weighted by Crippen LogP contribution is -2.44. The minimum atomic E-state index is 0. The van der Waals surface area contributed by atoms with Crippen LogP contribution in [0.5, 0.6) is 0 Å². The van der Waals surface area contributed by atoms with Crippen LogP contribution in [-0.2, 0) is 13.1 Å². The molecule has 0 aliphatic carbocycles. The number of piperazine rings is 1. The van der Waals surface area contributed by atoms with Crippen molar-refractivity contribution in [1.82, 2.24) is 30.1 Å². The van der Waals surface area contributed by atoms with Gasteiger partial charge < -0.3 is 25.0 Å². The van der Waals surface area contributed by atoms with Gasteiger partial charge in [-0.25, -0.2) is 15.0 Å². The Labute approximate surface area is 219 Å². The first kappa shape index (κ1) is 26.0.